The number of methoxy groups -OCH3 is 2. The van der Waals surface area contributed by atoms with E-state index in [9.17, 15) is 20.1 Å². The fourth-order valence-electron chi connectivity index (χ4n) is 2.83. The molecule has 0 fully saturated rings. The van der Waals surface area contributed by atoms with Gasteiger partial charge in [-0.3, -0.25) is 4.79 Å². The standard InChI is InChI=1S/C17H16O7/c1-22-17(23-2)15(21)12-11(8-10(18)13(19)14(12)20)24-16(17)9-6-4-3-5-7-9/h3-8,16,18-20H,1-2H3. The number of ether oxygens (including phenoxy) is 3. The lowest BCUT2D eigenvalue weighted by atomic mass is 9.89. The van der Waals surface area contributed by atoms with Crippen molar-refractivity contribution in [2.45, 2.75) is 11.9 Å². The van der Waals surface area contributed by atoms with E-state index in [0.29, 0.717) is 5.56 Å². The third-order valence-corrected chi connectivity index (χ3v) is 4.06. The molecule has 1 aliphatic heterocycles. The number of fused-ring (bicyclic) bond motifs is 1. The van der Waals surface area contributed by atoms with Crippen LogP contribution in [0.3, 0.4) is 0 Å². The van der Waals surface area contributed by atoms with E-state index in [1.165, 1.54) is 14.2 Å². The zero-order valence-electron chi connectivity index (χ0n) is 13.0. The summed E-state index contributed by atoms with van der Waals surface area (Å²) in [6.45, 7) is 0. The molecule has 0 radical (unpaired) electrons. The van der Waals surface area contributed by atoms with Crippen molar-refractivity contribution in [2.75, 3.05) is 14.2 Å². The monoisotopic (exact) mass is 332 g/mol. The SMILES string of the molecule is COC1(OC)C(=O)c2c(cc(O)c(O)c2O)OC1c1ccccc1. The number of benzene rings is 2. The Morgan fingerprint density at radius 3 is 2.25 bits per heavy atom. The molecular formula is C17H16O7. The van der Waals surface area contributed by atoms with E-state index in [-0.39, 0.29) is 11.3 Å². The minimum absolute atomic E-state index is 0.0774. The molecule has 2 aromatic carbocycles. The van der Waals surface area contributed by atoms with Crippen LogP contribution in [0, 0.1) is 0 Å². The van der Waals surface area contributed by atoms with Crippen molar-refractivity contribution in [1.82, 2.24) is 0 Å². The van der Waals surface area contributed by atoms with Gasteiger partial charge in [0.05, 0.1) is 0 Å². The van der Waals surface area contributed by atoms with Crippen LogP contribution < -0.4 is 4.74 Å². The van der Waals surface area contributed by atoms with Gasteiger partial charge in [-0.1, -0.05) is 30.3 Å². The van der Waals surface area contributed by atoms with E-state index < -0.39 is 34.9 Å². The number of carbonyl (C=O) groups is 1. The Kier molecular flexibility index (Phi) is 3.82. The minimum Gasteiger partial charge on any atom is -0.504 e. The summed E-state index contributed by atoms with van der Waals surface area (Å²) < 4.78 is 16.5. The van der Waals surface area contributed by atoms with Crippen LogP contribution in [0.5, 0.6) is 23.0 Å². The van der Waals surface area contributed by atoms with E-state index >= 15 is 0 Å². The number of hydrogen-bond acceptors (Lipinski definition) is 7. The molecule has 1 heterocycles. The zero-order chi connectivity index (χ0) is 17.5. The summed E-state index contributed by atoms with van der Waals surface area (Å²) in [6.07, 6.45) is -0.975. The zero-order valence-corrected chi connectivity index (χ0v) is 13.0. The topological polar surface area (TPSA) is 105 Å². The lowest BCUT2D eigenvalue weighted by Crippen LogP contribution is -2.52. The minimum atomic E-state index is -1.85. The first kappa shape index (κ1) is 16.1. The van der Waals surface area contributed by atoms with Crippen LogP contribution in [-0.2, 0) is 9.47 Å². The van der Waals surface area contributed by atoms with E-state index in [1.54, 1.807) is 30.3 Å². The highest BCUT2D eigenvalue weighted by Gasteiger charge is 2.55. The number of phenolic OH excluding ortho intramolecular Hbond substituents is 3. The van der Waals surface area contributed by atoms with Crippen LogP contribution in [0.1, 0.15) is 22.0 Å². The average molecular weight is 332 g/mol. The van der Waals surface area contributed by atoms with Gasteiger partial charge in [0.1, 0.15) is 11.3 Å². The van der Waals surface area contributed by atoms with E-state index in [4.69, 9.17) is 14.2 Å². The number of carbonyl (C=O) groups excluding carboxylic acids is 1. The normalized spacial score (nSPS) is 18.8. The second-order valence-corrected chi connectivity index (χ2v) is 5.28. The lowest BCUT2D eigenvalue weighted by molar-refractivity contribution is -0.222. The quantitative estimate of drug-likeness (QED) is 0.584. The molecule has 1 atom stereocenters. The van der Waals surface area contributed by atoms with Crippen LogP contribution in [-0.4, -0.2) is 41.1 Å². The first-order valence-corrected chi connectivity index (χ1v) is 7.10. The van der Waals surface area contributed by atoms with Gasteiger partial charge < -0.3 is 29.5 Å². The average Bonchev–Trinajstić information content (AvgIpc) is 2.60. The van der Waals surface area contributed by atoms with Gasteiger partial charge in [0.2, 0.25) is 11.5 Å². The molecule has 0 amide bonds. The van der Waals surface area contributed by atoms with Gasteiger partial charge >= 0.3 is 0 Å². The molecule has 0 spiro atoms. The first-order valence-electron chi connectivity index (χ1n) is 7.10. The van der Waals surface area contributed by atoms with Crippen LogP contribution in [0.4, 0.5) is 0 Å². The number of hydrogen-bond donors (Lipinski definition) is 3. The Balaban J connectivity index is 2.25. The van der Waals surface area contributed by atoms with Gasteiger partial charge in [-0.15, -0.1) is 0 Å². The molecule has 1 unspecified atom stereocenters. The van der Waals surface area contributed by atoms with Crippen molar-refractivity contribution in [1.29, 1.82) is 0 Å². The second kappa shape index (κ2) is 5.70. The van der Waals surface area contributed by atoms with Crippen LogP contribution in [0.25, 0.3) is 0 Å². The molecule has 0 saturated carbocycles. The number of rotatable bonds is 3. The smallest absolute Gasteiger partial charge is 0.276 e. The predicted molar refractivity (Wildman–Crippen MR) is 82.3 cm³/mol. The van der Waals surface area contributed by atoms with Crippen molar-refractivity contribution in [3.63, 3.8) is 0 Å². The van der Waals surface area contributed by atoms with Gasteiger partial charge in [-0.2, -0.15) is 0 Å². The summed E-state index contributed by atoms with van der Waals surface area (Å²) in [4.78, 5) is 13.0. The van der Waals surface area contributed by atoms with Crippen molar-refractivity contribution >= 4 is 5.78 Å². The molecule has 0 saturated heterocycles. The van der Waals surface area contributed by atoms with E-state index in [2.05, 4.69) is 0 Å². The van der Waals surface area contributed by atoms with Crippen LogP contribution in [0.15, 0.2) is 36.4 Å². The molecule has 2 aromatic rings. The molecule has 3 rings (SSSR count). The van der Waals surface area contributed by atoms with E-state index in [1.807, 2.05) is 0 Å². The number of ketones is 1. The number of aromatic hydroxyl groups is 3. The third-order valence-electron chi connectivity index (χ3n) is 4.06. The van der Waals surface area contributed by atoms with Crippen molar-refractivity contribution in [2.24, 2.45) is 0 Å². The molecule has 126 valence electrons. The molecule has 7 nitrogen and oxygen atoms in total. The molecule has 0 aromatic heterocycles. The van der Waals surface area contributed by atoms with Gasteiger partial charge in [-0.05, 0) is 5.56 Å². The summed E-state index contributed by atoms with van der Waals surface area (Å²) in [7, 11) is 2.56. The van der Waals surface area contributed by atoms with Crippen molar-refractivity contribution in [3.05, 3.63) is 47.5 Å². The van der Waals surface area contributed by atoms with Crippen molar-refractivity contribution < 1.29 is 34.3 Å². The highest BCUT2D eigenvalue weighted by atomic mass is 16.7. The fourth-order valence-corrected chi connectivity index (χ4v) is 2.83. The summed E-state index contributed by atoms with van der Waals surface area (Å²) in [5.74, 6) is -4.87. The van der Waals surface area contributed by atoms with Crippen LogP contribution >= 0.6 is 0 Å². The summed E-state index contributed by atoms with van der Waals surface area (Å²) in [5, 5.41) is 29.4. The van der Waals surface area contributed by atoms with E-state index in [0.717, 1.165) is 6.07 Å². The Morgan fingerprint density at radius 1 is 1.04 bits per heavy atom. The lowest BCUT2D eigenvalue weighted by Gasteiger charge is -2.40. The fraction of sp³-hybridized carbons (Fsp3) is 0.235. The molecule has 0 aliphatic carbocycles. The Morgan fingerprint density at radius 2 is 1.67 bits per heavy atom. The molecular weight excluding hydrogens is 316 g/mol. The molecule has 0 bridgehead atoms. The summed E-state index contributed by atoms with van der Waals surface area (Å²) in [6, 6.07) is 9.86. The predicted octanol–water partition coefficient (Wildman–Crippen LogP) is 2.11. The van der Waals surface area contributed by atoms with Crippen LogP contribution in [0.2, 0.25) is 0 Å². The number of phenols is 3. The molecule has 7 heteroatoms. The maximum Gasteiger partial charge on any atom is 0.276 e. The number of Topliss-reactive ketones (excluding diaryl/α,β-unsaturated/α-hetero) is 1. The Hall–Kier alpha value is -2.77. The molecule has 1 aliphatic rings. The summed E-state index contributed by atoms with van der Waals surface area (Å²) in [5.41, 5.74) is 0.286. The maximum absolute atomic E-state index is 13.0. The highest BCUT2D eigenvalue weighted by molar-refractivity contribution is 6.08. The van der Waals surface area contributed by atoms with Gasteiger partial charge in [-0.25, -0.2) is 0 Å². The summed E-state index contributed by atoms with van der Waals surface area (Å²) >= 11 is 0. The maximum atomic E-state index is 13.0. The largest absolute Gasteiger partial charge is 0.504 e. The van der Waals surface area contributed by atoms with Gasteiger partial charge in [0.15, 0.2) is 17.6 Å². The highest BCUT2D eigenvalue weighted by Crippen LogP contribution is 2.51. The third kappa shape index (κ3) is 2.10. The molecule has 24 heavy (non-hydrogen) atoms. The van der Waals surface area contributed by atoms with Gasteiger partial charge in [0.25, 0.3) is 5.79 Å². The van der Waals surface area contributed by atoms with Gasteiger partial charge in [0, 0.05) is 20.3 Å². The molecule has 3 N–H and O–H groups in total. The second-order valence-electron chi connectivity index (χ2n) is 5.28. The Bertz CT molecular complexity index is 781. The van der Waals surface area contributed by atoms with Crippen molar-refractivity contribution in [3.8, 4) is 23.0 Å². The Labute approximate surface area is 137 Å². The first-order chi connectivity index (χ1) is 11.5.